The van der Waals surface area contributed by atoms with Gasteiger partial charge in [0.25, 0.3) is 0 Å². The molecule has 15 heavy (non-hydrogen) atoms. The van der Waals surface area contributed by atoms with E-state index in [-0.39, 0.29) is 12.0 Å². The van der Waals surface area contributed by atoms with E-state index in [1.54, 1.807) is 4.31 Å². The van der Waals surface area contributed by atoms with E-state index in [0.717, 1.165) is 19.5 Å². The van der Waals surface area contributed by atoms with Gasteiger partial charge in [-0.1, -0.05) is 13.8 Å². The molecule has 4 nitrogen and oxygen atoms in total. The van der Waals surface area contributed by atoms with Gasteiger partial charge in [0.05, 0.1) is 5.75 Å². The number of sulfonamides is 1. The predicted molar refractivity (Wildman–Crippen MR) is 60.1 cm³/mol. The number of hydrogen-bond donors (Lipinski definition) is 1. The fourth-order valence-corrected chi connectivity index (χ4v) is 4.82. The van der Waals surface area contributed by atoms with Crippen molar-refractivity contribution in [1.82, 2.24) is 9.62 Å². The second-order valence-electron chi connectivity index (χ2n) is 4.99. The molecule has 2 rings (SSSR count). The van der Waals surface area contributed by atoms with Crippen LogP contribution in [0.15, 0.2) is 0 Å². The first kappa shape index (κ1) is 11.4. The highest BCUT2D eigenvalue weighted by Gasteiger charge is 2.40. The van der Waals surface area contributed by atoms with Crippen molar-refractivity contribution in [3.63, 3.8) is 0 Å². The molecule has 2 saturated heterocycles. The summed E-state index contributed by atoms with van der Waals surface area (Å²) in [6.45, 7) is 6.70. The molecule has 3 unspecified atom stereocenters. The van der Waals surface area contributed by atoms with Crippen LogP contribution in [0.25, 0.3) is 0 Å². The SMILES string of the molecule is CC1CN(C2CNCCC2C)S(=O)(=O)C1. The van der Waals surface area contributed by atoms with Crippen LogP contribution in [0.3, 0.4) is 0 Å². The van der Waals surface area contributed by atoms with E-state index < -0.39 is 10.0 Å². The van der Waals surface area contributed by atoms with Crippen molar-refractivity contribution < 1.29 is 8.42 Å². The zero-order valence-electron chi connectivity index (χ0n) is 9.44. The van der Waals surface area contributed by atoms with Crippen LogP contribution in [-0.4, -0.2) is 44.2 Å². The van der Waals surface area contributed by atoms with Gasteiger partial charge in [0.1, 0.15) is 0 Å². The first-order valence-electron chi connectivity index (χ1n) is 5.71. The second-order valence-corrected chi connectivity index (χ2v) is 6.96. The minimum Gasteiger partial charge on any atom is -0.315 e. The van der Waals surface area contributed by atoms with Crippen molar-refractivity contribution in [1.29, 1.82) is 0 Å². The van der Waals surface area contributed by atoms with Crippen LogP contribution in [0.2, 0.25) is 0 Å². The Morgan fingerprint density at radius 3 is 2.60 bits per heavy atom. The van der Waals surface area contributed by atoms with Gasteiger partial charge in [-0.2, -0.15) is 4.31 Å². The summed E-state index contributed by atoms with van der Waals surface area (Å²) in [6.07, 6.45) is 1.07. The highest BCUT2D eigenvalue weighted by molar-refractivity contribution is 7.89. The Labute approximate surface area is 92.1 Å². The minimum atomic E-state index is -2.98. The van der Waals surface area contributed by atoms with Crippen LogP contribution in [0, 0.1) is 11.8 Å². The molecule has 0 amide bonds. The third kappa shape index (κ3) is 2.19. The largest absolute Gasteiger partial charge is 0.315 e. The van der Waals surface area contributed by atoms with E-state index >= 15 is 0 Å². The van der Waals surface area contributed by atoms with Crippen LogP contribution in [0.5, 0.6) is 0 Å². The summed E-state index contributed by atoms with van der Waals surface area (Å²) in [6, 6.07) is 0.175. The standard InChI is InChI=1S/C10H20N2O2S/c1-8-6-12(15(13,14)7-8)10-5-11-4-3-9(10)2/h8-11H,3-7H2,1-2H3. The van der Waals surface area contributed by atoms with Crippen molar-refractivity contribution >= 4 is 10.0 Å². The third-order valence-electron chi connectivity index (χ3n) is 3.50. The molecule has 0 aliphatic carbocycles. The first-order valence-corrected chi connectivity index (χ1v) is 7.32. The van der Waals surface area contributed by atoms with Crippen LogP contribution in [-0.2, 0) is 10.0 Å². The minimum absolute atomic E-state index is 0.175. The number of nitrogens with one attached hydrogen (secondary N) is 1. The van der Waals surface area contributed by atoms with E-state index in [4.69, 9.17) is 0 Å². The second kappa shape index (κ2) is 4.03. The Morgan fingerprint density at radius 1 is 1.33 bits per heavy atom. The Balaban J connectivity index is 2.15. The fraction of sp³-hybridized carbons (Fsp3) is 1.00. The van der Waals surface area contributed by atoms with E-state index in [2.05, 4.69) is 12.2 Å². The zero-order valence-corrected chi connectivity index (χ0v) is 10.3. The van der Waals surface area contributed by atoms with Gasteiger partial charge in [0, 0.05) is 19.1 Å². The third-order valence-corrected chi connectivity index (χ3v) is 5.63. The van der Waals surface area contributed by atoms with Gasteiger partial charge in [-0.25, -0.2) is 8.42 Å². The molecule has 3 atom stereocenters. The van der Waals surface area contributed by atoms with Crippen LogP contribution >= 0.6 is 0 Å². The average molecular weight is 232 g/mol. The Morgan fingerprint density at radius 2 is 2.07 bits per heavy atom. The lowest BCUT2D eigenvalue weighted by atomic mass is 9.94. The lowest BCUT2D eigenvalue weighted by molar-refractivity contribution is 0.205. The van der Waals surface area contributed by atoms with Gasteiger partial charge in [0.15, 0.2) is 0 Å². The maximum atomic E-state index is 11.9. The van der Waals surface area contributed by atoms with Crippen molar-refractivity contribution in [2.45, 2.75) is 26.3 Å². The molecule has 1 N–H and O–H groups in total. The summed E-state index contributed by atoms with van der Waals surface area (Å²) in [5.41, 5.74) is 0. The number of nitrogens with zero attached hydrogens (tertiary/aromatic N) is 1. The molecule has 0 aromatic heterocycles. The molecule has 2 aliphatic heterocycles. The maximum Gasteiger partial charge on any atom is 0.214 e. The average Bonchev–Trinajstić information content (AvgIpc) is 2.40. The van der Waals surface area contributed by atoms with Crippen molar-refractivity contribution in [3.05, 3.63) is 0 Å². The Bertz CT molecular complexity index is 328. The van der Waals surface area contributed by atoms with E-state index in [1.165, 1.54) is 0 Å². The number of rotatable bonds is 1. The first-order chi connectivity index (χ1) is 7.00. The van der Waals surface area contributed by atoms with Crippen LogP contribution in [0.4, 0.5) is 0 Å². The van der Waals surface area contributed by atoms with Crippen molar-refractivity contribution in [2.24, 2.45) is 11.8 Å². The summed E-state index contributed by atoms with van der Waals surface area (Å²) in [7, 11) is -2.98. The van der Waals surface area contributed by atoms with E-state index in [0.29, 0.717) is 18.2 Å². The molecule has 2 fully saturated rings. The Hall–Kier alpha value is -0.130. The molecule has 5 heteroatoms. The molecule has 0 aromatic carbocycles. The fourth-order valence-electron chi connectivity index (χ4n) is 2.63. The molecule has 0 bridgehead atoms. The summed E-state index contributed by atoms with van der Waals surface area (Å²) >= 11 is 0. The summed E-state index contributed by atoms with van der Waals surface area (Å²) < 4.78 is 25.6. The van der Waals surface area contributed by atoms with Crippen LogP contribution in [0.1, 0.15) is 20.3 Å². The molecule has 2 aliphatic rings. The van der Waals surface area contributed by atoms with Gasteiger partial charge < -0.3 is 5.32 Å². The van der Waals surface area contributed by atoms with Crippen molar-refractivity contribution in [2.75, 3.05) is 25.4 Å². The van der Waals surface area contributed by atoms with Gasteiger partial charge in [-0.15, -0.1) is 0 Å². The molecule has 0 aromatic rings. The van der Waals surface area contributed by atoms with Crippen LogP contribution < -0.4 is 5.32 Å². The van der Waals surface area contributed by atoms with Gasteiger partial charge in [-0.3, -0.25) is 0 Å². The summed E-state index contributed by atoms with van der Waals surface area (Å²) in [5, 5.41) is 3.29. The molecule has 88 valence electrons. The zero-order chi connectivity index (χ0) is 11.1. The van der Waals surface area contributed by atoms with Gasteiger partial charge >= 0.3 is 0 Å². The smallest absolute Gasteiger partial charge is 0.214 e. The molecule has 2 heterocycles. The monoisotopic (exact) mass is 232 g/mol. The number of hydrogen-bond acceptors (Lipinski definition) is 3. The van der Waals surface area contributed by atoms with Gasteiger partial charge in [-0.05, 0) is 24.8 Å². The van der Waals surface area contributed by atoms with Gasteiger partial charge in [0.2, 0.25) is 10.0 Å². The highest BCUT2D eigenvalue weighted by Crippen LogP contribution is 2.27. The molecular weight excluding hydrogens is 212 g/mol. The molecule has 0 radical (unpaired) electrons. The quantitative estimate of drug-likeness (QED) is 0.706. The topological polar surface area (TPSA) is 49.4 Å². The molecule has 0 saturated carbocycles. The van der Waals surface area contributed by atoms with E-state index in [9.17, 15) is 8.42 Å². The molecular formula is C10H20N2O2S. The van der Waals surface area contributed by atoms with Crippen molar-refractivity contribution in [3.8, 4) is 0 Å². The molecule has 0 spiro atoms. The highest BCUT2D eigenvalue weighted by atomic mass is 32.2. The lowest BCUT2D eigenvalue weighted by Gasteiger charge is -2.35. The summed E-state index contributed by atoms with van der Waals surface area (Å²) in [4.78, 5) is 0. The maximum absolute atomic E-state index is 11.9. The lowest BCUT2D eigenvalue weighted by Crippen LogP contribution is -2.51. The normalized spacial score (nSPS) is 41.9. The number of piperidine rings is 1. The predicted octanol–water partition coefficient (Wildman–Crippen LogP) is 0.266. The Kier molecular flexibility index (Phi) is 3.05. The van der Waals surface area contributed by atoms with E-state index in [1.807, 2.05) is 6.92 Å². The summed E-state index contributed by atoms with van der Waals surface area (Å²) in [5.74, 6) is 1.09.